The van der Waals surface area contributed by atoms with E-state index in [0.717, 1.165) is 24.0 Å². The predicted molar refractivity (Wildman–Crippen MR) is 167 cm³/mol. The number of aliphatic hydroxyl groups is 2. The van der Waals surface area contributed by atoms with Crippen molar-refractivity contribution >= 4 is 23.3 Å². The van der Waals surface area contributed by atoms with E-state index >= 15 is 0 Å². The number of benzene rings is 2. The molecule has 238 valence electrons. The van der Waals surface area contributed by atoms with Crippen LogP contribution in [0.2, 0.25) is 0 Å². The fourth-order valence-corrected chi connectivity index (χ4v) is 8.50. The molecule has 0 unspecified atom stereocenters. The van der Waals surface area contributed by atoms with Crippen molar-refractivity contribution in [1.82, 2.24) is 0 Å². The molecule has 4 aliphatic carbocycles. The van der Waals surface area contributed by atoms with Gasteiger partial charge in [0.25, 0.3) is 0 Å². The van der Waals surface area contributed by atoms with Crippen molar-refractivity contribution in [2.75, 3.05) is 6.61 Å². The molecular formula is C37H41FO7. The van der Waals surface area contributed by atoms with Crippen molar-refractivity contribution in [2.45, 2.75) is 70.8 Å². The summed E-state index contributed by atoms with van der Waals surface area (Å²) in [6, 6.07) is 13.8. The maximum atomic E-state index is 14.1. The highest BCUT2D eigenvalue weighted by atomic mass is 19.1. The Morgan fingerprint density at radius 3 is 2.36 bits per heavy atom. The van der Waals surface area contributed by atoms with Crippen LogP contribution in [0.25, 0.3) is 11.1 Å². The number of ketones is 3. The maximum Gasteiger partial charge on any atom is 0.313 e. The first-order valence-corrected chi connectivity index (χ1v) is 15.5. The number of halogens is 1. The molecule has 0 aliphatic heterocycles. The number of fused-ring (bicyclic) bond motifs is 5. The molecule has 0 spiro atoms. The molecule has 3 N–H and O–H groups in total. The molecule has 6 atom stereocenters. The highest BCUT2D eigenvalue weighted by Crippen LogP contribution is 2.66. The number of Topliss-reactive ketones (excluding diaryl/α,β-unsaturated/α-hetero) is 2. The van der Waals surface area contributed by atoms with Gasteiger partial charge >= 0.3 is 5.97 Å². The fourth-order valence-electron chi connectivity index (χ4n) is 8.50. The third-order valence-corrected chi connectivity index (χ3v) is 11.3. The van der Waals surface area contributed by atoms with E-state index in [-0.39, 0.29) is 35.7 Å². The Balaban J connectivity index is 0.000000187. The molecule has 0 radical (unpaired) electrons. The second-order valence-electron chi connectivity index (χ2n) is 14.0. The number of rotatable bonds is 5. The molecule has 8 heteroatoms. The van der Waals surface area contributed by atoms with E-state index in [1.54, 1.807) is 38.1 Å². The van der Waals surface area contributed by atoms with Gasteiger partial charge in [0.15, 0.2) is 11.6 Å². The van der Waals surface area contributed by atoms with E-state index in [9.17, 15) is 33.8 Å². The van der Waals surface area contributed by atoms with Crippen LogP contribution in [0, 0.1) is 34.4 Å². The molecule has 45 heavy (non-hydrogen) atoms. The average Bonchev–Trinajstić information content (AvgIpc) is 3.28. The lowest BCUT2D eigenvalue weighted by Crippen LogP contribution is -2.60. The van der Waals surface area contributed by atoms with Gasteiger partial charge in [0.1, 0.15) is 23.8 Å². The number of hydrogen-bond acceptors (Lipinski definition) is 6. The van der Waals surface area contributed by atoms with Crippen LogP contribution in [0.15, 0.2) is 72.3 Å². The zero-order chi connectivity index (χ0) is 32.9. The summed E-state index contributed by atoms with van der Waals surface area (Å²) in [5, 5.41) is 29.6. The number of carboxylic acid groups (broad SMARTS) is 1. The number of carbonyl (C=O) groups is 4. The minimum Gasteiger partial charge on any atom is -0.481 e. The van der Waals surface area contributed by atoms with Gasteiger partial charge in [0.05, 0.1) is 5.41 Å². The summed E-state index contributed by atoms with van der Waals surface area (Å²) >= 11 is 0. The summed E-state index contributed by atoms with van der Waals surface area (Å²) in [7, 11) is 0. The smallest absolute Gasteiger partial charge is 0.313 e. The average molecular weight is 617 g/mol. The van der Waals surface area contributed by atoms with Crippen molar-refractivity contribution in [3.63, 3.8) is 0 Å². The summed E-state index contributed by atoms with van der Waals surface area (Å²) < 4.78 is 14.1. The molecule has 0 heterocycles. The van der Waals surface area contributed by atoms with Gasteiger partial charge < -0.3 is 15.3 Å². The Morgan fingerprint density at radius 1 is 1.04 bits per heavy atom. The molecule has 2 aromatic carbocycles. The van der Waals surface area contributed by atoms with Crippen LogP contribution in [-0.4, -0.2) is 50.8 Å². The molecule has 6 rings (SSSR count). The standard InChI is InChI=1S/C21H26O5.C16H15FO2/c1-19-7-5-13(23)9-12(19)3-4-14-15-6-8-21(26,17(25)11-22)20(15,2)10-16(24)18(14)19;1-16(2,15(18)19)12-8-9-13(14(17)10-12)11-6-4-3-5-7-11/h5,7,9,14-15,18,22,26H,3-4,6,8,10-11H2,1-2H3;3-10H,1-2H3,(H,18,19)/t14-,15-,18+,19-,20-,21-;/m0./s1. The Morgan fingerprint density at radius 2 is 1.73 bits per heavy atom. The van der Waals surface area contributed by atoms with Crippen molar-refractivity contribution < 1.29 is 38.9 Å². The third kappa shape index (κ3) is 5.22. The fraction of sp³-hybridized carbons (Fsp3) is 0.459. The normalized spacial score (nSPS) is 32.0. The third-order valence-electron chi connectivity index (χ3n) is 11.3. The maximum absolute atomic E-state index is 14.1. The van der Waals surface area contributed by atoms with E-state index in [4.69, 9.17) is 5.11 Å². The molecular weight excluding hydrogens is 575 g/mol. The molecule has 0 aromatic heterocycles. The van der Waals surface area contributed by atoms with Gasteiger partial charge in [-0.25, -0.2) is 4.39 Å². The lowest BCUT2D eigenvalue weighted by Gasteiger charge is -2.56. The first kappa shape index (κ1) is 32.6. The summed E-state index contributed by atoms with van der Waals surface area (Å²) in [6.45, 7) is 6.31. The van der Waals surface area contributed by atoms with Gasteiger partial charge in [-0.2, -0.15) is 0 Å². The molecule has 3 saturated carbocycles. The lowest BCUT2D eigenvalue weighted by molar-refractivity contribution is -0.168. The molecule has 0 amide bonds. The Bertz CT molecular complexity index is 1610. The van der Waals surface area contributed by atoms with Crippen LogP contribution in [0.3, 0.4) is 0 Å². The van der Waals surface area contributed by atoms with E-state index in [2.05, 4.69) is 0 Å². The second kappa shape index (κ2) is 11.6. The van der Waals surface area contributed by atoms with Gasteiger partial charge in [-0.1, -0.05) is 68.0 Å². The van der Waals surface area contributed by atoms with Gasteiger partial charge in [-0.15, -0.1) is 0 Å². The molecule has 7 nitrogen and oxygen atoms in total. The van der Waals surface area contributed by atoms with E-state index < -0.39 is 46.0 Å². The largest absolute Gasteiger partial charge is 0.481 e. The van der Waals surface area contributed by atoms with Crippen molar-refractivity contribution in [3.05, 3.63) is 83.7 Å². The number of allylic oxidation sites excluding steroid dienone is 4. The second-order valence-corrected chi connectivity index (χ2v) is 14.0. The van der Waals surface area contributed by atoms with Crippen molar-refractivity contribution in [2.24, 2.45) is 28.6 Å². The number of aliphatic carboxylic acids is 1. The minimum absolute atomic E-state index is 0.0206. The zero-order valence-corrected chi connectivity index (χ0v) is 26.2. The number of aliphatic hydroxyl groups excluding tert-OH is 1. The number of hydrogen-bond donors (Lipinski definition) is 3. The lowest BCUT2D eigenvalue weighted by atomic mass is 9.46. The van der Waals surface area contributed by atoms with Crippen LogP contribution in [0.5, 0.6) is 0 Å². The van der Waals surface area contributed by atoms with E-state index in [1.807, 2.05) is 50.3 Å². The van der Waals surface area contributed by atoms with Gasteiger partial charge in [-0.3, -0.25) is 19.2 Å². The van der Waals surface area contributed by atoms with Gasteiger partial charge in [0.2, 0.25) is 0 Å². The highest BCUT2D eigenvalue weighted by molar-refractivity contribution is 6.02. The van der Waals surface area contributed by atoms with Crippen LogP contribution in [-0.2, 0) is 24.6 Å². The van der Waals surface area contributed by atoms with Crippen LogP contribution in [0.4, 0.5) is 4.39 Å². The van der Waals surface area contributed by atoms with Crippen LogP contribution in [0.1, 0.15) is 65.4 Å². The van der Waals surface area contributed by atoms with Crippen LogP contribution >= 0.6 is 0 Å². The number of carbonyl (C=O) groups excluding carboxylic acids is 3. The number of carboxylic acids is 1. The summed E-state index contributed by atoms with van der Waals surface area (Å²) in [6.07, 6.45) is 7.82. The van der Waals surface area contributed by atoms with E-state index in [0.29, 0.717) is 24.0 Å². The highest BCUT2D eigenvalue weighted by Gasteiger charge is 2.68. The molecule has 4 aliphatic rings. The van der Waals surface area contributed by atoms with Crippen LogP contribution < -0.4 is 0 Å². The van der Waals surface area contributed by atoms with Crippen molar-refractivity contribution in [1.29, 1.82) is 0 Å². The molecule has 0 saturated heterocycles. The predicted octanol–water partition coefficient (Wildman–Crippen LogP) is 5.62. The topological polar surface area (TPSA) is 129 Å². The Kier molecular flexibility index (Phi) is 8.38. The van der Waals surface area contributed by atoms with E-state index in [1.165, 1.54) is 6.07 Å². The summed E-state index contributed by atoms with van der Waals surface area (Å²) in [5.74, 6) is -1.97. The Labute approximate surface area is 262 Å². The first-order valence-electron chi connectivity index (χ1n) is 15.5. The summed E-state index contributed by atoms with van der Waals surface area (Å²) in [5.41, 5.74) is -1.25. The van der Waals surface area contributed by atoms with Gasteiger partial charge in [0, 0.05) is 28.7 Å². The summed E-state index contributed by atoms with van der Waals surface area (Å²) in [4.78, 5) is 48.6. The molecule has 3 fully saturated rings. The minimum atomic E-state index is -1.62. The quantitative estimate of drug-likeness (QED) is 0.398. The molecule has 0 bridgehead atoms. The SMILES string of the molecule is CC(C)(C(=O)O)c1ccc(-c2ccccc2)c(F)c1.C[C@]12C=CC(=O)C=C1CC[C@@H]1[C@@H]2C(=O)C[C@@]2(C)[C@H]1CC[C@]2(O)C(=O)CO. The van der Waals surface area contributed by atoms with Crippen molar-refractivity contribution in [3.8, 4) is 11.1 Å². The zero-order valence-electron chi connectivity index (χ0n) is 26.2. The monoisotopic (exact) mass is 616 g/mol. The first-order chi connectivity index (χ1) is 21.1. The molecule has 2 aromatic rings. The Hall–Kier alpha value is -3.75. The van der Waals surface area contributed by atoms with Gasteiger partial charge in [-0.05, 0) is 80.7 Å².